The average Bonchev–Trinajstić information content (AvgIpc) is 3.01. The normalized spacial score (nSPS) is 14.6. The largest absolute Gasteiger partial charge is 0.460 e. The summed E-state index contributed by atoms with van der Waals surface area (Å²) in [6, 6.07) is 10.1. The third-order valence-electron chi connectivity index (χ3n) is 3.87. The van der Waals surface area contributed by atoms with E-state index >= 15 is 0 Å². The first kappa shape index (κ1) is 23.0. The highest BCUT2D eigenvalue weighted by Gasteiger charge is 2.10. The second kappa shape index (κ2) is 11.6. The molecule has 0 bridgehead atoms. The molecule has 3 rings (SSSR count). The number of ether oxygens (including phenoxy) is 1. The number of furan rings is 1. The Balaban J connectivity index is 0.00000156. The van der Waals surface area contributed by atoms with Crippen molar-refractivity contribution in [3.8, 4) is 11.3 Å². The summed E-state index contributed by atoms with van der Waals surface area (Å²) >= 11 is 7.05. The van der Waals surface area contributed by atoms with Crippen molar-refractivity contribution in [3.05, 3.63) is 45.0 Å². The first-order valence-corrected chi connectivity index (χ1v) is 9.36. The van der Waals surface area contributed by atoms with Crippen molar-refractivity contribution in [3.63, 3.8) is 0 Å². The molecule has 140 valence electrons. The van der Waals surface area contributed by atoms with Crippen molar-refractivity contribution < 1.29 is 9.15 Å². The predicted octanol–water partition coefficient (Wildman–Crippen LogP) is 4.74. The van der Waals surface area contributed by atoms with E-state index in [0.717, 1.165) is 72.0 Å². The van der Waals surface area contributed by atoms with E-state index in [9.17, 15) is 0 Å². The van der Waals surface area contributed by atoms with E-state index in [1.165, 1.54) is 0 Å². The van der Waals surface area contributed by atoms with Crippen LogP contribution in [0.5, 0.6) is 0 Å². The molecule has 1 N–H and O–H groups in total. The van der Waals surface area contributed by atoms with Crippen LogP contribution in [-0.4, -0.2) is 44.3 Å². The molecule has 0 saturated carbocycles. The van der Waals surface area contributed by atoms with Crippen LogP contribution in [0.1, 0.15) is 5.76 Å². The minimum Gasteiger partial charge on any atom is -0.460 e. The minimum atomic E-state index is 0. The van der Waals surface area contributed by atoms with Crippen LogP contribution in [0.25, 0.3) is 11.3 Å². The van der Waals surface area contributed by atoms with Crippen molar-refractivity contribution in [2.45, 2.75) is 6.54 Å². The van der Waals surface area contributed by atoms with E-state index in [-0.39, 0.29) is 24.8 Å². The number of rotatable bonds is 6. The molecule has 2 heterocycles. The van der Waals surface area contributed by atoms with Gasteiger partial charge in [-0.05, 0) is 46.3 Å². The molecule has 25 heavy (non-hydrogen) atoms. The molecule has 2 aromatic rings. The molecule has 1 saturated heterocycles. The molecule has 1 fully saturated rings. The summed E-state index contributed by atoms with van der Waals surface area (Å²) in [5.41, 5.74) is 1.06. The van der Waals surface area contributed by atoms with Gasteiger partial charge >= 0.3 is 0 Å². The summed E-state index contributed by atoms with van der Waals surface area (Å²) < 4.78 is 13.4. The van der Waals surface area contributed by atoms with Gasteiger partial charge in [0.15, 0.2) is 0 Å². The summed E-state index contributed by atoms with van der Waals surface area (Å²) in [4.78, 5) is 2.42. The Kier molecular flexibility index (Phi) is 10.6. The first-order valence-electron chi connectivity index (χ1n) is 7.77. The zero-order valence-electron chi connectivity index (χ0n) is 13.7. The standard InChI is InChI=1S/C17H20Br2N2O2.2ClH/c18-13-1-3-15(16(19)11-13)17-4-2-14(23-17)12-20-5-6-21-7-9-22-10-8-21;;/h1-4,11,20H,5-10,12H2;2*1H. The fourth-order valence-corrected chi connectivity index (χ4v) is 3.82. The maximum Gasteiger partial charge on any atom is 0.135 e. The number of benzene rings is 1. The molecule has 0 radical (unpaired) electrons. The second-order valence-electron chi connectivity index (χ2n) is 5.52. The fourth-order valence-electron chi connectivity index (χ4n) is 2.58. The van der Waals surface area contributed by atoms with Gasteiger partial charge in [0, 0.05) is 40.7 Å². The average molecular weight is 517 g/mol. The highest BCUT2D eigenvalue weighted by atomic mass is 79.9. The van der Waals surface area contributed by atoms with Gasteiger partial charge in [0.1, 0.15) is 11.5 Å². The van der Waals surface area contributed by atoms with Gasteiger partial charge in [0.25, 0.3) is 0 Å². The molecule has 8 heteroatoms. The van der Waals surface area contributed by atoms with Crippen LogP contribution in [0.4, 0.5) is 0 Å². The zero-order chi connectivity index (χ0) is 16.1. The molecule has 1 aromatic carbocycles. The summed E-state index contributed by atoms with van der Waals surface area (Å²) in [5.74, 6) is 1.84. The molecule has 1 aliphatic rings. The topological polar surface area (TPSA) is 37.6 Å². The second-order valence-corrected chi connectivity index (χ2v) is 7.29. The van der Waals surface area contributed by atoms with E-state index < -0.39 is 0 Å². The van der Waals surface area contributed by atoms with Crippen LogP contribution in [0.15, 0.2) is 43.7 Å². The Bertz CT molecular complexity index is 649. The Labute approximate surface area is 177 Å². The van der Waals surface area contributed by atoms with Gasteiger partial charge in [-0.2, -0.15) is 0 Å². The fraction of sp³-hybridized carbons (Fsp3) is 0.412. The van der Waals surface area contributed by atoms with Crippen molar-refractivity contribution >= 4 is 56.7 Å². The maximum absolute atomic E-state index is 5.94. The number of halogens is 4. The monoisotopic (exact) mass is 514 g/mol. The lowest BCUT2D eigenvalue weighted by molar-refractivity contribution is 0.0383. The highest BCUT2D eigenvalue weighted by molar-refractivity contribution is 9.11. The molecule has 0 aliphatic carbocycles. The van der Waals surface area contributed by atoms with Crippen LogP contribution in [0.2, 0.25) is 0 Å². The van der Waals surface area contributed by atoms with Gasteiger partial charge in [0.05, 0.1) is 19.8 Å². The molecule has 0 amide bonds. The SMILES string of the molecule is Brc1ccc(-c2ccc(CNCCN3CCOCC3)o2)c(Br)c1.Cl.Cl. The third-order valence-corrected chi connectivity index (χ3v) is 5.02. The quantitative estimate of drug-likeness (QED) is 0.563. The van der Waals surface area contributed by atoms with E-state index in [1.54, 1.807) is 0 Å². The molecule has 1 aromatic heterocycles. The van der Waals surface area contributed by atoms with Gasteiger partial charge in [-0.15, -0.1) is 24.8 Å². The lowest BCUT2D eigenvalue weighted by Gasteiger charge is -2.26. The molecule has 0 atom stereocenters. The van der Waals surface area contributed by atoms with Crippen molar-refractivity contribution in [1.29, 1.82) is 0 Å². The Morgan fingerprint density at radius 3 is 2.52 bits per heavy atom. The number of nitrogens with zero attached hydrogens (tertiary/aromatic N) is 1. The maximum atomic E-state index is 5.94. The van der Waals surface area contributed by atoms with E-state index in [1.807, 2.05) is 30.3 Å². The lowest BCUT2D eigenvalue weighted by atomic mass is 10.2. The van der Waals surface area contributed by atoms with Gasteiger partial charge in [-0.3, -0.25) is 4.90 Å². The molecular weight excluding hydrogens is 495 g/mol. The van der Waals surface area contributed by atoms with Crippen LogP contribution in [0.3, 0.4) is 0 Å². The van der Waals surface area contributed by atoms with E-state index in [0.29, 0.717) is 0 Å². The highest BCUT2D eigenvalue weighted by Crippen LogP contribution is 2.31. The van der Waals surface area contributed by atoms with Gasteiger partial charge in [-0.25, -0.2) is 0 Å². The number of nitrogens with one attached hydrogen (secondary N) is 1. The Morgan fingerprint density at radius 2 is 1.80 bits per heavy atom. The van der Waals surface area contributed by atoms with Gasteiger partial charge < -0.3 is 14.5 Å². The molecule has 0 unspecified atom stereocenters. The zero-order valence-corrected chi connectivity index (χ0v) is 18.5. The number of morpholine rings is 1. The van der Waals surface area contributed by atoms with Crippen molar-refractivity contribution in [2.75, 3.05) is 39.4 Å². The molecule has 4 nitrogen and oxygen atoms in total. The van der Waals surface area contributed by atoms with Crippen molar-refractivity contribution in [2.24, 2.45) is 0 Å². The van der Waals surface area contributed by atoms with Crippen LogP contribution >= 0.6 is 56.7 Å². The van der Waals surface area contributed by atoms with Gasteiger partial charge in [-0.1, -0.05) is 15.9 Å². The Hall–Kier alpha value is -0.0800. The predicted molar refractivity (Wildman–Crippen MR) is 113 cm³/mol. The summed E-state index contributed by atoms with van der Waals surface area (Å²) in [7, 11) is 0. The van der Waals surface area contributed by atoms with Crippen LogP contribution in [0, 0.1) is 0 Å². The summed E-state index contributed by atoms with van der Waals surface area (Å²) in [5, 5.41) is 3.44. The lowest BCUT2D eigenvalue weighted by Crippen LogP contribution is -2.40. The van der Waals surface area contributed by atoms with Gasteiger partial charge in [0.2, 0.25) is 0 Å². The number of hydrogen-bond acceptors (Lipinski definition) is 4. The Morgan fingerprint density at radius 1 is 1.04 bits per heavy atom. The third kappa shape index (κ3) is 6.86. The van der Waals surface area contributed by atoms with E-state index in [2.05, 4.69) is 42.1 Å². The smallest absolute Gasteiger partial charge is 0.135 e. The molecule has 1 aliphatic heterocycles. The summed E-state index contributed by atoms with van der Waals surface area (Å²) in [6.07, 6.45) is 0. The minimum absolute atomic E-state index is 0. The van der Waals surface area contributed by atoms with Crippen LogP contribution in [-0.2, 0) is 11.3 Å². The van der Waals surface area contributed by atoms with E-state index in [4.69, 9.17) is 9.15 Å². The summed E-state index contributed by atoms with van der Waals surface area (Å²) in [6.45, 7) is 6.52. The molecular formula is C17H22Br2Cl2N2O2. The first-order chi connectivity index (χ1) is 11.2. The van der Waals surface area contributed by atoms with Crippen molar-refractivity contribution in [1.82, 2.24) is 10.2 Å². The van der Waals surface area contributed by atoms with Crippen LogP contribution < -0.4 is 5.32 Å². The number of hydrogen-bond donors (Lipinski definition) is 1. The molecule has 0 spiro atoms.